The molecule has 1 aliphatic heterocycles. The lowest BCUT2D eigenvalue weighted by Gasteiger charge is -2.10. The van der Waals surface area contributed by atoms with Gasteiger partial charge in [-0.3, -0.25) is 9.98 Å². The predicted molar refractivity (Wildman–Crippen MR) is 60.6 cm³/mol. The van der Waals surface area contributed by atoms with Crippen molar-refractivity contribution in [2.45, 2.75) is 20.3 Å². The average Bonchev–Trinajstić information content (AvgIpc) is 2.06. The SMILES string of the molecule is CCSC1=NCN=C(SCC)C1. The first kappa shape index (κ1) is 10.1. The van der Waals surface area contributed by atoms with Crippen molar-refractivity contribution in [2.75, 3.05) is 18.2 Å². The number of aliphatic imine (C=N–C) groups is 2. The molecule has 0 atom stereocenters. The highest BCUT2D eigenvalue weighted by Crippen LogP contribution is 2.17. The topological polar surface area (TPSA) is 24.7 Å². The van der Waals surface area contributed by atoms with Crippen LogP contribution in [-0.2, 0) is 0 Å². The average molecular weight is 202 g/mol. The van der Waals surface area contributed by atoms with E-state index in [-0.39, 0.29) is 0 Å². The Labute approximate surface area is 82.3 Å². The second-order valence-electron chi connectivity index (χ2n) is 2.29. The second kappa shape index (κ2) is 5.65. The van der Waals surface area contributed by atoms with Crippen LogP contribution in [0.2, 0.25) is 0 Å². The summed E-state index contributed by atoms with van der Waals surface area (Å²) in [5, 5.41) is 2.51. The van der Waals surface area contributed by atoms with Crippen LogP contribution in [0.3, 0.4) is 0 Å². The molecule has 0 saturated heterocycles. The highest BCUT2D eigenvalue weighted by atomic mass is 32.2. The number of hydrogen-bond donors (Lipinski definition) is 0. The van der Waals surface area contributed by atoms with Gasteiger partial charge in [0.25, 0.3) is 0 Å². The molecule has 0 unspecified atom stereocenters. The maximum absolute atomic E-state index is 4.33. The monoisotopic (exact) mass is 202 g/mol. The second-order valence-corrected chi connectivity index (χ2v) is 4.96. The minimum atomic E-state index is 0.644. The molecule has 2 nitrogen and oxygen atoms in total. The van der Waals surface area contributed by atoms with Crippen molar-refractivity contribution in [1.82, 2.24) is 0 Å². The van der Waals surface area contributed by atoms with Crippen LogP contribution < -0.4 is 0 Å². The number of rotatable bonds is 2. The van der Waals surface area contributed by atoms with E-state index in [1.54, 1.807) is 0 Å². The molecule has 0 aliphatic carbocycles. The molecule has 0 aromatic heterocycles. The molecule has 12 heavy (non-hydrogen) atoms. The summed E-state index contributed by atoms with van der Waals surface area (Å²) < 4.78 is 0. The Bertz CT molecular complexity index is 179. The van der Waals surface area contributed by atoms with Crippen molar-refractivity contribution < 1.29 is 0 Å². The lowest BCUT2D eigenvalue weighted by atomic mass is 10.5. The Hall–Kier alpha value is 0.0400. The maximum Gasteiger partial charge on any atom is 0.131 e. The third-order valence-corrected chi connectivity index (χ3v) is 3.21. The minimum Gasteiger partial charge on any atom is -0.259 e. The van der Waals surface area contributed by atoms with Gasteiger partial charge in [-0.15, -0.1) is 23.5 Å². The third-order valence-electron chi connectivity index (χ3n) is 1.42. The van der Waals surface area contributed by atoms with Crippen molar-refractivity contribution in [3.63, 3.8) is 0 Å². The van der Waals surface area contributed by atoms with Gasteiger partial charge in [0.1, 0.15) is 6.67 Å². The first-order valence-corrected chi connectivity index (χ1v) is 6.16. The van der Waals surface area contributed by atoms with Gasteiger partial charge in [0.05, 0.1) is 10.1 Å². The molecule has 0 aromatic carbocycles. The van der Waals surface area contributed by atoms with Gasteiger partial charge in [-0.2, -0.15) is 0 Å². The third kappa shape index (κ3) is 3.19. The standard InChI is InChI=1S/C8H14N2S2/c1-3-11-7-5-8(12-4-2)10-6-9-7/h3-6H2,1-2H3. The molecule has 1 rings (SSSR count). The van der Waals surface area contributed by atoms with E-state index in [0.29, 0.717) is 6.67 Å². The molecule has 0 fully saturated rings. The Morgan fingerprint density at radius 1 is 1.08 bits per heavy atom. The number of thioether (sulfide) groups is 2. The summed E-state index contributed by atoms with van der Waals surface area (Å²) in [6, 6.07) is 0. The Kier molecular flexibility index (Phi) is 4.76. The van der Waals surface area contributed by atoms with Gasteiger partial charge < -0.3 is 0 Å². The fourth-order valence-corrected chi connectivity index (χ4v) is 2.49. The Balaban J connectivity index is 2.37. The van der Waals surface area contributed by atoms with E-state index in [4.69, 9.17) is 0 Å². The zero-order valence-corrected chi connectivity index (χ0v) is 9.17. The summed E-state index contributed by atoms with van der Waals surface area (Å²) in [5.41, 5.74) is 0. The molecule has 0 radical (unpaired) electrons. The first-order valence-electron chi connectivity index (χ1n) is 4.19. The summed E-state index contributed by atoms with van der Waals surface area (Å²) >= 11 is 3.68. The zero-order chi connectivity index (χ0) is 8.81. The van der Waals surface area contributed by atoms with Gasteiger partial charge in [-0.05, 0) is 11.5 Å². The van der Waals surface area contributed by atoms with E-state index in [1.165, 1.54) is 10.1 Å². The summed E-state index contributed by atoms with van der Waals surface area (Å²) in [5.74, 6) is 2.23. The van der Waals surface area contributed by atoms with Gasteiger partial charge in [-0.1, -0.05) is 13.8 Å². The van der Waals surface area contributed by atoms with E-state index in [9.17, 15) is 0 Å². The maximum atomic E-state index is 4.33. The van der Waals surface area contributed by atoms with Gasteiger partial charge >= 0.3 is 0 Å². The first-order chi connectivity index (χ1) is 5.86. The van der Waals surface area contributed by atoms with Gasteiger partial charge in [0.15, 0.2) is 0 Å². The molecule has 0 amide bonds. The number of hydrogen-bond acceptors (Lipinski definition) is 4. The van der Waals surface area contributed by atoms with Gasteiger partial charge in [0, 0.05) is 6.42 Å². The molecule has 68 valence electrons. The molecular formula is C8H14N2S2. The van der Waals surface area contributed by atoms with Crippen LogP contribution in [0.1, 0.15) is 20.3 Å². The van der Waals surface area contributed by atoms with Crippen LogP contribution in [0.4, 0.5) is 0 Å². The smallest absolute Gasteiger partial charge is 0.131 e. The molecule has 4 heteroatoms. The molecule has 1 heterocycles. The fraction of sp³-hybridized carbons (Fsp3) is 0.750. The fourth-order valence-electron chi connectivity index (χ4n) is 0.961. The summed E-state index contributed by atoms with van der Waals surface area (Å²) in [6.45, 7) is 4.96. The molecule has 0 N–H and O–H groups in total. The van der Waals surface area contributed by atoms with E-state index < -0.39 is 0 Å². The zero-order valence-electron chi connectivity index (χ0n) is 7.54. The minimum absolute atomic E-state index is 0.644. The van der Waals surface area contributed by atoms with Crippen LogP contribution in [0, 0.1) is 0 Å². The molecule has 1 aliphatic rings. The van der Waals surface area contributed by atoms with Gasteiger partial charge in [-0.25, -0.2) is 0 Å². The summed E-state index contributed by atoms with van der Waals surface area (Å²) in [6.07, 6.45) is 0.969. The largest absolute Gasteiger partial charge is 0.259 e. The Morgan fingerprint density at radius 3 is 2.00 bits per heavy atom. The van der Waals surface area contributed by atoms with Crippen LogP contribution in [-0.4, -0.2) is 28.3 Å². The predicted octanol–water partition coefficient (Wildman–Crippen LogP) is 2.65. The van der Waals surface area contributed by atoms with Crippen LogP contribution in [0.25, 0.3) is 0 Å². The normalized spacial score (nSPS) is 17.2. The lowest BCUT2D eigenvalue weighted by Crippen LogP contribution is -2.08. The molecule has 0 bridgehead atoms. The van der Waals surface area contributed by atoms with E-state index in [1.807, 2.05) is 23.5 Å². The van der Waals surface area contributed by atoms with Crippen molar-refractivity contribution in [3.8, 4) is 0 Å². The van der Waals surface area contributed by atoms with Gasteiger partial charge in [0.2, 0.25) is 0 Å². The van der Waals surface area contributed by atoms with E-state index in [2.05, 4.69) is 23.8 Å². The summed E-state index contributed by atoms with van der Waals surface area (Å²) in [4.78, 5) is 8.66. The molecule has 0 aromatic rings. The molecular weight excluding hydrogens is 188 g/mol. The van der Waals surface area contributed by atoms with Crippen molar-refractivity contribution in [1.29, 1.82) is 0 Å². The molecule has 0 spiro atoms. The highest BCUT2D eigenvalue weighted by molar-refractivity contribution is 8.16. The van der Waals surface area contributed by atoms with Crippen molar-refractivity contribution in [3.05, 3.63) is 0 Å². The van der Waals surface area contributed by atoms with Crippen LogP contribution >= 0.6 is 23.5 Å². The van der Waals surface area contributed by atoms with Crippen LogP contribution in [0.15, 0.2) is 9.98 Å². The quantitative estimate of drug-likeness (QED) is 0.687. The van der Waals surface area contributed by atoms with E-state index >= 15 is 0 Å². The van der Waals surface area contributed by atoms with Crippen molar-refractivity contribution >= 4 is 33.6 Å². The lowest BCUT2D eigenvalue weighted by molar-refractivity contribution is 1.05. The van der Waals surface area contributed by atoms with Crippen molar-refractivity contribution in [2.24, 2.45) is 9.98 Å². The molecule has 0 saturated carbocycles. The Morgan fingerprint density at radius 2 is 1.58 bits per heavy atom. The summed E-state index contributed by atoms with van der Waals surface area (Å²) in [7, 11) is 0. The van der Waals surface area contributed by atoms with E-state index in [0.717, 1.165) is 17.9 Å². The highest BCUT2D eigenvalue weighted by Gasteiger charge is 2.08. The number of nitrogens with zero attached hydrogens (tertiary/aromatic N) is 2. The van der Waals surface area contributed by atoms with Crippen LogP contribution in [0.5, 0.6) is 0 Å².